The minimum atomic E-state index is 0.500. The Balaban J connectivity index is 1.43. The normalized spacial score (nSPS) is 11.0. The Morgan fingerprint density at radius 1 is 0.793 bits per heavy atom. The fraction of sp³-hybridized carbons (Fsp3) is 0.0800. The monoisotopic (exact) mass is 382 g/mol. The lowest BCUT2D eigenvalue weighted by Crippen LogP contribution is -2.06. The minimum Gasteiger partial charge on any atom is -0.440 e. The molecule has 4 aromatic rings. The van der Waals surface area contributed by atoms with Crippen molar-refractivity contribution in [1.29, 1.82) is 0 Å². The molecule has 0 unspecified atom stereocenters. The molecule has 0 aliphatic rings. The third-order valence-electron chi connectivity index (χ3n) is 4.40. The molecule has 29 heavy (non-hydrogen) atoms. The highest BCUT2D eigenvalue weighted by Crippen LogP contribution is 2.32. The maximum Gasteiger partial charge on any atom is 0.199 e. The molecule has 0 aliphatic carbocycles. The van der Waals surface area contributed by atoms with Crippen molar-refractivity contribution in [3.05, 3.63) is 115 Å². The van der Waals surface area contributed by atoms with Gasteiger partial charge in [-0.15, -0.1) is 0 Å². The molecular formula is C25H22N2O2. The summed E-state index contributed by atoms with van der Waals surface area (Å²) in [5.74, 6) is 1.44. The molecule has 1 N–H and O–H groups in total. The molecule has 0 bridgehead atoms. The van der Waals surface area contributed by atoms with Gasteiger partial charge in [-0.2, -0.15) is 0 Å². The molecule has 0 amide bonds. The zero-order valence-electron chi connectivity index (χ0n) is 16.0. The smallest absolute Gasteiger partial charge is 0.199 e. The van der Waals surface area contributed by atoms with Crippen molar-refractivity contribution in [1.82, 2.24) is 10.5 Å². The van der Waals surface area contributed by atoms with Gasteiger partial charge in [0.25, 0.3) is 0 Å². The van der Waals surface area contributed by atoms with Gasteiger partial charge in [-0.25, -0.2) is 4.98 Å². The maximum atomic E-state index is 6.10. The van der Waals surface area contributed by atoms with E-state index in [9.17, 15) is 0 Å². The average molecular weight is 382 g/mol. The van der Waals surface area contributed by atoms with Crippen LogP contribution in [0.4, 0.5) is 0 Å². The largest absolute Gasteiger partial charge is 0.440 e. The number of allylic oxidation sites excluding steroid dienone is 1. The van der Waals surface area contributed by atoms with Crippen LogP contribution in [0.25, 0.3) is 22.6 Å². The van der Waals surface area contributed by atoms with E-state index in [0.29, 0.717) is 18.9 Å². The van der Waals surface area contributed by atoms with Crippen LogP contribution in [0.2, 0.25) is 0 Å². The zero-order valence-corrected chi connectivity index (χ0v) is 16.0. The molecule has 4 nitrogen and oxygen atoms in total. The summed E-state index contributed by atoms with van der Waals surface area (Å²) in [5, 5.41) is 0. The third-order valence-corrected chi connectivity index (χ3v) is 4.40. The van der Waals surface area contributed by atoms with Crippen LogP contribution in [-0.4, -0.2) is 4.98 Å². The summed E-state index contributed by atoms with van der Waals surface area (Å²) < 4.78 is 6.10. The Morgan fingerprint density at radius 3 is 2.10 bits per heavy atom. The topological polar surface area (TPSA) is 47.3 Å². The SMILES string of the molecule is C(=CNOCc1ccccc1)Cc1nc(-c2ccccc2)c(-c2ccccc2)o1. The molecule has 144 valence electrons. The van der Waals surface area contributed by atoms with Gasteiger partial charge in [-0.3, -0.25) is 10.3 Å². The van der Waals surface area contributed by atoms with Gasteiger partial charge in [0.1, 0.15) is 5.69 Å². The van der Waals surface area contributed by atoms with Crippen LogP contribution < -0.4 is 5.48 Å². The molecule has 0 spiro atoms. The quantitative estimate of drug-likeness (QED) is 0.310. The van der Waals surface area contributed by atoms with Gasteiger partial charge in [0.2, 0.25) is 0 Å². The Labute approximate surface area is 170 Å². The summed E-state index contributed by atoms with van der Waals surface area (Å²) in [5.41, 5.74) is 6.86. The second-order valence-electron chi connectivity index (χ2n) is 6.52. The second-order valence-corrected chi connectivity index (χ2v) is 6.52. The summed E-state index contributed by atoms with van der Waals surface area (Å²) in [7, 11) is 0. The lowest BCUT2D eigenvalue weighted by Gasteiger charge is -2.02. The summed E-state index contributed by atoms with van der Waals surface area (Å²) in [6, 6.07) is 30.2. The Kier molecular flexibility index (Phi) is 6.15. The molecule has 0 aliphatic heterocycles. The fourth-order valence-corrected chi connectivity index (χ4v) is 2.98. The van der Waals surface area contributed by atoms with Crippen molar-refractivity contribution in [2.45, 2.75) is 13.0 Å². The van der Waals surface area contributed by atoms with Gasteiger partial charge in [0, 0.05) is 23.7 Å². The van der Waals surface area contributed by atoms with E-state index in [1.165, 1.54) is 0 Å². The van der Waals surface area contributed by atoms with Gasteiger partial charge in [-0.05, 0) is 5.56 Å². The average Bonchev–Trinajstić information content (AvgIpc) is 3.22. The standard InChI is InChI=1S/C25H22N2O2/c1-4-11-20(12-5-1)19-28-26-18-10-17-23-27-24(21-13-6-2-7-14-21)25(29-23)22-15-8-3-9-16-22/h1-16,18,26H,17,19H2. The molecule has 1 heterocycles. The zero-order chi connectivity index (χ0) is 19.7. The number of hydroxylamine groups is 1. The molecule has 0 saturated heterocycles. The number of hydrogen-bond donors (Lipinski definition) is 1. The molecule has 3 aromatic carbocycles. The van der Waals surface area contributed by atoms with Gasteiger partial charge in [-0.1, -0.05) is 97.1 Å². The number of rotatable bonds is 8. The van der Waals surface area contributed by atoms with Crippen molar-refractivity contribution >= 4 is 0 Å². The van der Waals surface area contributed by atoms with Crippen molar-refractivity contribution in [2.24, 2.45) is 0 Å². The summed E-state index contributed by atoms with van der Waals surface area (Å²) in [6.45, 7) is 0.500. The van der Waals surface area contributed by atoms with Crippen molar-refractivity contribution in [3.63, 3.8) is 0 Å². The molecule has 1 aromatic heterocycles. The first-order valence-corrected chi connectivity index (χ1v) is 9.57. The summed E-state index contributed by atoms with van der Waals surface area (Å²) >= 11 is 0. The number of oxazole rings is 1. The van der Waals surface area contributed by atoms with E-state index in [1.807, 2.05) is 97.1 Å². The van der Waals surface area contributed by atoms with Crippen LogP contribution in [-0.2, 0) is 17.9 Å². The first-order chi connectivity index (χ1) is 14.4. The van der Waals surface area contributed by atoms with Crippen LogP contribution in [0.1, 0.15) is 11.5 Å². The van der Waals surface area contributed by atoms with E-state index < -0.39 is 0 Å². The first kappa shape index (κ1) is 18.7. The number of nitrogens with zero attached hydrogens (tertiary/aromatic N) is 1. The minimum absolute atomic E-state index is 0.500. The Hall–Kier alpha value is -3.63. The van der Waals surface area contributed by atoms with E-state index in [-0.39, 0.29) is 0 Å². The lowest BCUT2D eigenvalue weighted by atomic mass is 10.1. The van der Waals surface area contributed by atoms with Crippen LogP contribution in [0.3, 0.4) is 0 Å². The van der Waals surface area contributed by atoms with Crippen LogP contribution in [0, 0.1) is 0 Å². The predicted molar refractivity (Wildman–Crippen MR) is 115 cm³/mol. The third kappa shape index (κ3) is 5.00. The maximum absolute atomic E-state index is 6.10. The number of aromatic nitrogens is 1. The van der Waals surface area contributed by atoms with Gasteiger partial charge >= 0.3 is 0 Å². The van der Waals surface area contributed by atoms with Crippen molar-refractivity contribution < 1.29 is 9.25 Å². The van der Waals surface area contributed by atoms with Crippen LogP contribution in [0.15, 0.2) is 108 Å². The second kappa shape index (κ2) is 9.53. The fourth-order valence-electron chi connectivity index (χ4n) is 2.98. The van der Waals surface area contributed by atoms with Gasteiger partial charge in [0.15, 0.2) is 11.7 Å². The highest BCUT2D eigenvalue weighted by atomic mass is 16.6. The molecule has 0 saturated carbocycles. The molecule has 0 fully saturated rings. The van der Waals surface area contributed by atoms with E-state index in [2.05, 4.69) is 5.48 Å². The predicted octanol–water partition coefficient (Wildman–Crippen LogP) is 5.79. The van der Waals surface area contributed by atoms with E-state index >= 15 is 0 Å². The summed E-state index contributed by atoms with van der Waals surface area (Å²) in [4.78, 5) is 10.2. The summed E-state index contributed by atoms with van der Waals surface area (Å²) in [6.07, 6.45) is 4.26. The first-order valence-electron chi connectivity index (χ1n) is 9.57. The lowest BCUT2D eigenvalue weighted by molar-refractivity contribution is 0.0574. The molecule has 4 heteroatoms. The molecule has 0 radical (unpaired) electrons. The molecular weight excluding hydrogens is 360 g/mol. The van der Waals surface area contributed by atoms with Gasteiger partial charge in [0.05, 0.1) is 6.61 Å². The molecule has 0 atom stereocenters. The van der Waals surface area contributed by atoms with Crippen molar-refractivity contribution in [2.75, 3.05) is 0 Å². The number of benzene rings is 3. The Morgan fingerprint density at radius 2 is 1.41 bits per heavy atom. The Bertz CT molecular complexity index is 985. The van der Waals surface area contributed by atoms with E-state index in [1.54, 1.807) is 6.20 Å². The van der Waals surface area contributed by atoms with E-state index in [4.69, 9.17) is 14.2 Å². The number of hydrogen-bond acceptors (Lipinski definition) is 4. The highest BCUT2D eigenvalue weighted by Gasteiger charge is 2.15. The van der Waals surface area contributed by atoms with Crippen LogP contribution in [0.5, 0.6) is 0 Å². The van der Waals surface area contributed by atoms with Gasteiger partial charge < -0.3 is 4.42 Å². The van der Waals surface area contributed by atoms with Crippen LogP contribution >= 0.6 is 0 Å². The van der Waals surface area contributed by atoms with Crippen molar-refractivity contribution in [3.8, 4) is 22.6 Å². The number of nitrogens with one attached hydrogen (secondary N) is 1. The van der Waals surface area contributed by atoms with E-state index in [0.717, 1.165) is 28.1 Å². The highest BCUT2D eigenvalue weighted by molar-refractivity contribution is 5.76. The molecule has 4 rings (SSSR count).